The van der Waals surface area contributed by atoms with E-state index in [2.05, 4.69) is 15.3 Å². The van der Waals surface area contributed by atoms with Crippen LogP contribution in [0.4, 0.5) is 5.95 Å². The van der Waals surface area contributed by atoms with Crippen LogP contribution in [0.25, 0.3) is 0 Å². The van der Waals surface area contributed by atoms with Gasteiger partial charge in [-0.05, 0) is 18.9 Å². The zero-order chi connectivity index (χ0) is 14.9. The lowest BCUT2D eigenvalue weighted by molar-refractivity contribution is -0.137. The van der Waals surface area contributed by atoms with Crippen LogP contribution in [0, 0.1) is 17.8 Å². The number of amides is 1. The summed E-state index contributed by atoms with van der Waals surface area (Å²) in [6.07, 6.45) is 7.03. The molecule has 1 amide bonds. The van der Waals surface area contributed by atoms with Crippen molar-refractivity contribution in [3.05, 3.63) is 18.5 Å². The van der Waals surface area contributed by atoms with Gasteiger partial charge >= 0.3 is 0 Å². The van der Waals surface area contributed by atoms with E-state index in [0.717, 1.165) is 39.1 Å². The van der Waals surface area contributed by atoms with Crippen LogP contribution in [0.3, 0.4) is 0 Å². The molecule has 2 aliphatic heterocycles. The number of rotatable bonds is 4. The summed E-state index contributed by atoms with van der Waals surface area (Å²) in [6.45, 7) is 3.19. The third-order valence-electron chi connectivity index (χ3n) is 5.29. The number of likely N-dealkylation sites (tertiary alicyclic amines) is 1. The maximum Gasteiger partial charge on any atom is 0.225 e. The Morgan fingerprint density at radius 1 is 1.32 bits per heavy atom. The van der Waals surface area contributed by atoms with E-state index in [1.165, 1.54) is 6.42 Å². The fourth-order valence-electron chi connectivity index (χ4n) is 3.72. The number of carbonyl (C=O) groups is 1. The smallest absolute Gasteiger partial charge is 0.225 e. The molecule has 1 saturated carbocycles. The largest absolute Gasteiger partial charge is 0.376 e. The highest BCUT2D eigenvalue weighted by Gasteiger charge is 2.46. The SMILES string of the molecule is O=C(C1CCC1)N1C[C@@H]2[C@H](CNc3ncccn3)CO[C@@H]2C1. The third-order valence-corrected chi connectivity index (χ3v) is 5.29. The summed E-state index contributed by atoms with van der Waals surface area (Å²) in [7, 11) is 0. The van der Waals surface area contributed by atoms with Crippen molar-refractivity contribution in [3.63, 3.8) is 0 Å². The van der Waals surface area contributed by atoms with E-state index in [-0.39, 0.29) is 12.0 Å². The Labute approximate surface area is 130 Å². The molecule has 3 heterocycles. The summed E-state index contributed by atoms with van der Waals surface area (Å²) in [5.74, 6) is 2.16. The van der Waals surface area contributed by atoms with Gasteiger partial charge in [-0.2, -0.15) is 0 Å². The van der Waals surface area contributed by atoms with Crippen LogP contribution in [0.1, 0.15) is 19.3 Å². The molecule has 6 heteroatoms. The molecule has 3 atom stereocenters. The van der Waals surface area contributed by atoms with E-state index < -0.39 is 0 Å². The molecule has 0 spiro atoms. The minimum Gasteiger partial charge on any atom is -0.376 e. The Kier molecular flexibility index (Phi) is 3.70. The average Bonchev–Trinajstić information content (AvgIpc) is 3.05. The maximum atomic E-state index is 12.4. The van der Waals surface area contributed by atoms with E-state index in [1.807, 2.05) is 4.90 Å². The van der Waals surface area contributed by atoms with Crippen molar-refractivity contribution in [2.45, 2.75) is 25.4 Å². The molecule has 1 N–H and O–H groups in total. The molecule has 3 fully saturated rings. The number of aromatic nitrogens is 2. The molecule has 4 rings (SSSR count). The van der Waals surface area contributed by atoms with Crippen LogP contribution >= 0.6 is 0 Å². The minimum absolute atomic E-state index is 0.215. The first-order valence-electron chi connectivity index (χ1n) is 8.22. The molecule has 6 nitrogen and oxygen atoms in total. The van der Waals surface area contributed by atoms with Crippen LogP contribution in [0.5, 0.6) is 0 Å². The number of nitrogens with one attached hydrogen (secondary N) is 1. The minimum atomic E-state index is 0.215. The molecule has 0 unspecified atom stereocenters. The van der Waals surface area contributed by atoms with Crippen LogP contribution < -0.4 is 5.32 Å². The van der Waals surface area contributed by atoms with Crippen molar-refractivity contribution in [2.75, 3.05) is 31.6 Å². The number of fused-ring (bicyclic) bond motifs is 1. The summed E-state index contributed by atoms with van der Waals surface area (Å²) in [4.78, 5) is 22.8. The molecule has 1 aromatic heterocycles. The second kappa shape index (κ2) is 5.83. The quantitative estimate of drug-likeness (QED) is 0.904. The van der Waals surface area contributed by atoms with Gasteiger partial charge < -0.3 is 15.0 Å². The van der Waals surface area contributed by atoms with Crippen LogP contribution in [-0.4, -0.2) is 53.1 Å². The molecule has 0 radical (unpaired) electrons. The highest BCUT2D eigenvalue weighted by molar-refractivity contribution is 5.80. The molecule has 118 valence electrons. The van der Waals surface area contributed by atoms with Crippen molar-refractivity contribution >= 4 is 11.9 Å². The first-order valence-corrected chi connectivity index (χ1v) is 8.22. The Morgan fingerprint density at radius 2 is 2.14 bits per heavy atom. The van der Waals surface area contributed by atoms with E-state index in [4.69, 9.17) is 4.74 Å². The highest BCUT2D eigenvalue weighted by atomic mass is 16.5. The molecule has 22 heavy (non-hydrogen) atoms. The van der Waals surface area contributed by atoms with E-state index in [0.29, 0.717) is 23.7 Å². The zero-order valence-corrected chi connectivity index (χ0v) is 12.6. The molecular weight excluding hydrogens is 280 g/mol. The van der Waals surface area contributed by atoms with Gasteiger partial charge in [-0.15, -0.1) is 0 Å². The van der Waals surface area contributed by atoms with Gasteiger partial charge in [0.25, 0.3) is 0 Å². The second-order valence-electron chi connectivity index (χ2n) is 6.62. The van der Waals surface area contributed by atoms with Crippen molar-refractivity contribution in [3.8, 4) is 0 Å². The number of nitrogens with zero attached hydrogens (tertiary/aromatic N) is 3. The molecule has 1 aliphatic carbocycles. The van der Waals surface area contributed by atoms with E-state index in [1.54, 1.807) is 18.5 Å². The summed E-state index contributed by atoms with van der Waals surface area (Å²) in [6, 6.07) is 1.81. The number of ether oxygens (including phenoxy) is 1. The first kappa shape index (κ1) is 13.9. The standard InChI is InChI=1S/C16H22N4O2/c21-15(11-3-1-4-11)20-8-13-12(10-22-14(13)9-20)7-19-16-17-5-2-6-18-16/h2,5-6,11-14H,1,3-4,7-10H2,(H,17,18,19)/t12-,13-,14-/m1/s1. The topological polar surface area (TPSA) is 67.4 Å². The van der Waals surface area contributed by atoms with Crippen LogP contribution in [0.15, 0.2) is 18.5 Å². The maximum absolute atomic E-state index is 12.4. The fourth-order valence-corrected chi connectivity index (χ4v) is 3.72. The van der Waals surface area contributed by atoms with Crippen molar-refractivity contribution in [2.24, 2.45) is 17.8 Å². The molecule has 0 aromatic carbocycles. The normalized spacial score (nSPS) is 30.9. The summed E-state index contributed by atoms with van der Waals surface area (Å²) in [5.41, 5.74) is 0. The van der Waals surface area contributed by atoms with Gasteiger partial charge in [-0.1, -0.05) is 6.42 Å². The Hall–Kier alpha value is -1.69. The molecular formula is C16H22N4O2. The summed E-state index contributed by atoms with van der Waals surface area (Å²) in [5, 5.41) is 3.28. The highest BCUT2D eigenvalue weighted by Crippen LogP contribution is 2.36. The lowest BCUT2D eigenvalue weighted by atomic mass is 9.84. The average molecular weight is 302 g/mol. The number of hydrogen-bond donors (Lipinski definition) is 1. The lowest BCUT2D eigenvalue weighted by Crippen LogP contribution is -2.39. The lowest BCUT2D eigenvalue weighted by Gasteiger charge is -2.29. The Bertz CT molecular complexity index is 534. The third kappa shape index (κ3) is 2.56. The van der Waals surface area contributed by atoms with Gasteiger partial charge in [0, 0.05) is 49.8 Å². The van der Waals surface area contributed by atoms with Gasteiger partial charge in [-0.25, -0.2) is 9.97 Å². The predicted octanol–water partition coefficient (Wildman–Crippen LogP) is 1.16. The van der Waals surface area contributed by atoms with E-state index >= 15 is 0 Å². The second-order valence-corrected chi connectivity index (χ2v) is 6.62. The zero-order valence-electron chi connectivity index (χ0n) is 12.6. The molecule has 3 aliphatic rings. The van der Waals surface area contributed by atoms with Crippen molar-refractivity contribution < 1.29 is 9.53 Å². The summed E-state index contributed by atoms with van der Waals surface area (Å²) >= 11 is 0. The van der Waals surface area contributed by atoms with Gasteiger partial charge in [0.1, 0.15) is 0 Å². The number of anilines is 1. The van der Waals surface area contributed by atoms with Gasteiger partial charge in [0.05, 0.1) is 12.7 Å². The van der Waals surface area contributed by atoms with Gasteiger partial charge in [-0.3, -0.25) is 4.79 Å². The summed E-state index contributed by atoms with van der Waals surface area (Å²) < 4.78 is 5.92. The van der Waals surface area contributed by atoms with Crippen LogP contribution in [-0.2, 0) is 9.53 Å². The van der Waals surface area contributed by atoms with E-state index in [9.17, 15) is 4.79 Å². The predicted molar refractivity (Wildman–Crippen MR) is 81.2 cm³/mol. The molecule has 1 aromatic rings. The van der Waals surface area contributed by atoms with Gasteiger partial charge in [0.15, 0.2) is 0 Å². The Balaban J connectivity index is 1.33. The van der Waals surface area contributed by atoms with Crippen molar-refractivity contribution in [1.82, 2.24) is 14.9 Å². The number of carbonyl (C=O) groups excluding carboxylic acids is 1. The van der Waals surface area contributed by atoms with Crippen LogP contribution in [0.2, 0.25) is 0 Å². The Morgan fingerprint density at radius 3 is 2.86 bits per heavy atom. The first-order chi connectivity index (χ1) is 10.8. The fraction of sp³-hybridized carbons (Fsp3) is 0.688. The molecule has 0 bridgehead atoms. The van der Waals surface area contributed by atoms with Crippen molar-refractivity contribution in [1.29, 1.82) is 0 Å². The number of hydrogen-bond acceptors (Lipinski definition) is 5. The molecule has 2 saturated heterocycles. The van der Waals surface area contributed by atoms with Gasteiger partial charge in [0.2, 0.25) is 11.9 Å². The monoisotopic (exact) mass is 302 g/mol.